The van der Waals surface area contributed by atoms with Crippen molar-refractivity contribution in [2.75, 3.05) is 6.61 Å². The quantitative estimate of drug-likeness (QED) is 0.749. The number of rotatable bonds is 6. The maximum atomic E-state index is 11.9. The summed E-state index contributed by atoms with van der Waals surface area (Å²) in [4.78, 5) is 16.3. The van der Waals surface area contributed by atoms with E-state index in [1.54, 1.807) is 0 Å². The minimum Gasteiger partial charge on any atom is -0.475 e. The first-order valence-corrected chi connectivity index (χ1v) is 7.98. The molecule has 1 aromatic heterocycles. The van der Waals surface area contributed by atoms with Crippen LogP contribution >= 0.6 is 0 Å². The molecule has 0 unspecified atom stereocenters. The molecule has 4 heteroatoms. The van der Waals surface area contributed by atoms with Gasteiger partial charge in [0.15, 0.2) is 5.75 Å². The van der Waals surface area contributed by atoms with Crippen LogP contribution in [-0.4, -0.2) is 17.6 Å². The van der Waals surface area contributed by atoms with Crippen molar-refractivity contribution in [2.24, 2.45) is 11.8 Å². The van der Waals surface area contributed by atoms with Crippen LogP contribution in [0, 0.1) is 11.8 Å². The highest BCUT2D eigenvalue weighted by Gasteiger charge is 2.32. The first-order valence-electron chi connectivity index (χ1n) is 7.98. The van der Waals surface area contributed by atoms with Gasteiger partial charge in [-0.3, -0.25) is 4.79 Å². The van der Waals surface area contributed by atoms with E-state index in [1.165, 1.54) is 19.3 Å². The van der Waals surface area contributed by atoms with Crippen LogP contribution in [0.25, 0.3) is 0 Å². The van der Waals surface area contributed by atoms with Crippen LogP contribution in [0.2, 0.25) is 0 Å². The molecule has 1 aromatic rings. The van der Waals surface area contributed by atoms with Gasteiger partial charge in [-0.15, -0.1) is 0 Å². The summed E-state index contributed by atoms with van der Waals surface area (Å²) in [6.07, 6.45) is 7.42. The van der Waals surface area contributed by atoms with Crippen LogP contribution in [0.15, 0.2) is 12.3 Å². The Labute approximate surface area is 125 Å². The molecule has 0 spiro atoms. The fourth-order valence-electron chi connectivity index (χ4n) is 2.35. The number of nitrogens with zero attached hydrogens (tertiary/aromatic N) is 1. The predicted octanol–water partition coefficient (Wildman–Crippen LogP) is 3.70. The van der Waals surface area contributed by atoms with Gasteiger partial charge in [-0.05, 0) is 49.1 Å². The highest BCUT2D eigenvalue weighted by molar-refractivity contribution is 5.77. The number of aromatic nitrogens is 1. The Hall–Kier alpha value is -1.58. The normalized spacial score (nSPS) is 18.4. The number of pyridine rings is 1. The lowest BCUT2D eigenvalue weighted by Gasteiger charge is -2.26. The molecule has 2 aliphatic carbocycles. The molecule has 0 N–H and O–H groups in total. The summed E-state index contributed by atoms with van der Waals surface area (Å²) in [6.45, 7) is 4.74. The van der Waals surface area contributed by atoms with Crippen molar-refractivity contribution in [2.45, 2.75) is 51.9 Å². The monoisotopic (exact) mass is 289 g/mol. The molecule has 0 radical (unpaired) electrons. The fraction of sp³-hybridized carbons (Fsp3) is 0.647. The topological polar surface area (TPSA) is 48.4 Å². The Morgan fingerprint density at radius 3 is 2.67 bits per heavy atom. The third-order valence-corrected chi connectivity index (χ3v) is 4.09. The summed E-state index contributed by atoms with van der Waals surface area (Å²) in [5, 5.41) is 0. The zero-order valence-corrected chi connectivity index (χ0v) is 12.8. The first-order chi connectivity index (χ1) is 10.1. The smallest absolute Gasteiger partial charge is 0.314 e. The zero-order valence-electron chi connectivity index (χ0n) is 12.8. The predicted molar refractivity (Wildman–Crippen MR) is 79.5 cm³/mol. The maximum absolute atomic E-state index is 11.9. The second kappa shape index (κ2) is 6.04. The molecule has 0 saturated heterocycles. The summed E-state index contributed by atoms with van der Waals surface area (Å²) < 4.78 is 11.2. The van der Waals surface area contributed by atoms with Crippen molar-refractivity contribution in [3.8, 4) is 11.6 Å². The van der Waals surface area contributed by atoms with Gasteiger partial charge in [0.1, 0.15) is 0 Å². The van der Waals surface area contributed by atoms with Crippen molar-refractivity contribution in [3.63, 3.8) is 0 Å². The van der Waals surface area contributed by atoms with E-state index in [4.69, 9.17) is 9.47 Å². The lowest BCUT2D eigenvalue weighted by atomic mass is 9.81. The van der Waals surface area contributed by atoms with E-state index in [9.17, 15) is 4.79 Å². The van der Waals surface area contributed by atoms with E-state index in [0.29, 0.717) is 30.1 Å². The van der Waals surface area contributed by atoms with Crippen molar-refractivity contribution >= 4 is 5.97 Å². The zero-order chi connectivity index (χ0) is 14.8. The average molecular weight is 289 g/mol. The van der Waals surface area contributed by atoms with Gasteiger partial charge in [-0.2, -0.15) is 0 Å². The van der Waals surface area contributed by atoms with E-state index in [0.717, 1.165) is 18.4 Å². The Morgan fingerprint density at radius 2 is 2.10 bits per heavy atom. The molecule has 1 heterocycles. The van der Waals surface area contributed by atoms with Gasteiger partial charge >= 0.3 is 5.97 Å². The molecular formula is C17H23NO3. The molecular weight excluding hydrogens is 266 g/mol. The van der Waals surface area contributed by atoms with E-state index in [1.807, 2.05) is 12.3 Å². The molecule has 3 rings (SSSR count). The van der Waals surface area contributed by atoms with Gasteiger partial charge in [-0.1, -0.05) is 20.3 Å². The lowest BCUT2D eigenvalue weighted by molar-refractivity contribution is -0.135. The SMILES string of the molecule is CC(C)COc1ncc(C2CCC2)cc1OC(=O)C1CC1. The van der Waals surface area contributed by atoms with Crippen LogP contribution in [0.4, 0.5) is 0 Å². The Morgan fingerprint density at radius 1 is 1.33 bits per heavy atom. The highest BCUT2D eigenvalue weighted by Crippen LogP contribution is 2.40. The summed E-state index contributed by atoms with van der Waals surface area (Å²) in [5.41, 5.74) is 1.16. The summed E-state index contributed by atoms with van der Waals surface area (Å²) in [5.74, 6) is 1.85. The summed E-state index contributed by atoms with van der Waals surface area (Å²) >= 11 is 0. The minimum atomic E-state index is -0.142. The van der Waals surface area contributed by atoms with Crippen molar-refractivity contribution < 1.29 is 14.3 Å². The number of ether oxygens (including phenoxy) is 2. The lowest BCUT2D eigenvalue weighted by Crippen LogP contribution is -2.15. The van der Waals surface area contributed by atoms with Crippen LogP contribution in [0.5, 0.6) is 11.6 Å². The van der Waals surface area contributed by atoms with Crippen molar-refractivity contribution in [3.05, 3.63) is 17.8 Å². The minimum absolute atomic E-state index is 0.0790. The van der Waals surface area contributed by atoms with Crippen molar-refractivity contribution in [1.29, 1.82) is 0 Å². The first kappa shape index (κ1) is 14.4. The molecule has 0 amide bonds. The average Bonchev–Trinajstić information content (AvgIpc) is 3.19. The third kappa shape index (κ3) is 3.55. The highest BCUT2D eigenvalue weighted by atomic mass is 16.6. The molecule has 0 aromatic carbocycles. The maximum Gasteiger partial charge on any atom is 0.314 e. The molecule has 0 atom stereocenters. The second-order valence-corrected chi connectivity index (χ2v) is 6.60. The van der Waals surface area contributed by atoms with Gasteiger partial charge in [0.2, 0.25) is 0 Å². The van der Waals surface area contributed by atoms with Gasteiger partial charge in [0, 0.05) is 6.20 Å². The summed E-state index contributed by atoms with van der Waals surface area (Å²) in [7, 11) is 0. The third-order valence-electron chi connectivity index (χ3n) is 4.09. The van der Waals surface area contributed by atoms with E-state index in [2.05, 4.69) is 18.8 Å². The Kier molecular flexibility index (Phi) is 4.13. The summed E-state index contributed by atoms with van der Waals surface area (Å²) in [6, 6.07) is 1.95. The number of hydrogen-bond acceptors (Lipinski definition) is 4. The molecule has 0 aliphatic heterocycles. The number of hydrogen-bond donors (Lipinski definition) is 0. The molecule has 0 bridgehead atoms. The molecule has 114 valence electrons. The van der Waals surface area contributed by atoms with Gasteiger partial charge in [-0.25, -0.2) is 4.98 Å². The number of esters is 1. The van der Waals surface area contributed by atoms with Gasteiger partial charge < -0.3 is 9.47 Å². The van der Waals surface area contributed by atoms with E-state index in [-0.39, 0.29) is 11.9 Å². The van der Waals surface area contributed by atoms with Gasteiger partial charge in [0.05, 0.1) is 12.5 Å². The van der Waals surface area contributed by atoms with Crippen LogP contribution < -0.4 is 9.47 Å². The molecule has 4 nitrogen and oxygen atoms in total. The number of carbonyl (C=O) groups is 1. The molecule has 21 heavy (non-hydrogen) atoms. The van der Waals surface area contributed by atoms with E-state index < -0.39 is 0 Å². The fourth-order valence-corrected chi connectivity index (χ4v) is 2.35. The Bertz CT molecular complexity index is 519. The molecule has 2 aliphatic rings. The van der Waals surface area contributed by atoms with Crippen LogP contribution in [0.3, 0.4) is 0 Å². The van der Waals surface area contributed by atoms with Crippen LogP contribution in [0.1, 0.15) is 57.4 Å². The molecule has 2 saturated carbocycles. The van der Waals surface area contributed by atoms with Crippen molar-refractivity contribution in [1.82, 2.24) is 4.98 Å². The standard InChI is InChI=1S/C17H23NO3/c1-11(2)10-20-16-15(21-17(19)13-6-7-13)8-14(9-18-16)12-4-3-5-12/h8-9,11-13H,3-7,10H2,1-2H3. The Balaban J connectivity index is 1.77. The van der Waals surface area contributed by atoms with Gasteiger partial charge in [0.25, 0.3) is 5.88 Å². The number of carbonyl (C=O) groups excluding carboxylic acids is 1. The van der Waals surface area contributed by atoms with E-state index >= 15 is 0 Å². The largest absolute Gasteiger partial charge is 0.475 e. The molecule has 2 fully saturated rings. The van der Waals surface area contributed by atoms with Crippen LogP contribution in [-0.2, 0) is 4.79 Å². The second-order valence-electron chi connectivity index (χ2n) is 6.60.